The third-order valence-electron chi connectivity index (χ3n) is 4.32. The van der Waals surface area contributed by atoms with Gasteiger partial charge in [-0.15, -0.1) is 11.3 Å². The summed E-state index contributed by atoms with van der Waals surface area (Å²) >= 11 is 1.36. The molecule has 2 fully saturated rings. The average Bonchev–Trinajstić information content (AvgIpc) is 2.99. The number of ether oxygens (including phenoxy) is 1. The summed E-state index contributed by atoms with van der Waals surface area (Å²) < 4.78 is 5.38. The van der Waals surface area contributed by atoms with Crippen LogP contribution in [0.5, 0.6) is 5.75 Å². The van der Waals surface area contributed by atoms with Gasteiger partial charge in [0.2, 0.25) is 0 Å². The maximum atomic E-state index is 11.4. The number of nitrogens with two attached hydrogens (primary N) is 2. The third kappa shape index (κ3) is 1.94. The van der Waals surface area contributed by atoms with Crippen molar-refractivity contribution in [1.82, 2.24) is 0 Å². The van der Waals surface area contributed by atoms with E-state index in [9.17, 15) is 4.79 Å². The van der Waals surface area contributed by atoms with Crippen LogP contribution in [0.2, 0.25) is 0 Å². The molecule has 0 bridgehead atoms. The average molecular weight is 281 g/mol. The zero-order valence-corrected chi connectivity index (χ0v) is 11.8. The summed E-state index contributed by atoms with van der Waals surface area (Å²) in [7, 11) is 1.59. The van der Waals surface area contributed by atoms with Gasteiger partial charge in [0.05, 0.1) is 7.11 Å². The van der Waals surface area contributed by atoms with Crippen molar-refractivity contribution >= 4 is 27.9 Å². The van der Waals surface area contributed by atoms with Crippen LogP contribution in [0, 0.1) is 11.8 Å². The molecule has 2 atom stereocenters. The number of carbonyl (C=O) groups is 1. The quantitative estimate of drug-likeness (QED) is 0.883. The lowest BCUT2D eigenvalue weighted by molar-refractivity contribution is 0.100. The maximum absolute atomic E-state index is 11.4. The lowest BCUT2D eigenvalue weighted by Crippen LogP contribution is -2.20. The van der Waals surface area contributed by atoms with Crippen molar-refractivity contribution in [3.05, 3.63) is 4.88 Å². The van der Waals surface area contributed by atoms with Gasteiger partial charge in [0, 0.05) is 13.1 Å². The number of fused-ring (bicyclic) bond motifs is 1. The van der Waals surface area contributed by atoms with Crippen molar-refractivity contribution in [2.24, 2.45) is 17.6 Å². The molecule has 0 aromatic carbocycles. The second kappa shape index (κ2) is 4.59. The van der Waals surface area contributed by atoms with Crippen LogP contribution in [-0.4, -0.2) is 26.1 Å². The predicted molar refractivity (Wildman–Crippen MR) is 76.8 cm³/mol. The highest BCUT2D eigenvalue weighted by Crippen LogP contribution is 2.48. The van der Waals surface area contributed by atoms with Crippen LogP contribution in [0.4, 0.5) is 10.7 Å². The van der Waals surface area contributed by atoms with Crippen molar-refractivity contribution in [3.8, 4) is 5.75 Å². The Morgan fingerprint density at radius 2 is 2.00 bits per heavy atom. The molecule has 2 heterocycles. The van der Waals surface area contributed by atoms with Gasteiger partial charge in [0.1, 0.15) is 15.6 Å². The highest BCUT2D eigenvalue weighted by molar-refractivity contribution is 7.19. The minimum Gasteiger partial charge on any atom is -0.492 e. The number of anilines is 2. The largest absolute Gasteiger partial charge is 0.492 e. The lowest BCUT2D eigenvalue weighted by Gasteiger charge is -2.18. The molecular formula is C13H19N3O2S. The Balaban J connectivity index is 1.92. The van der Waals surface area contributed by atoms with Crippen LogP contribution < -0.4 is 21.1 Å². The molecule has 5 nitrogen and oxygen atoms in total. The number of rotatable bonds is 3. The topological polar surface area (TPSA) is 81.6 Å². The standard InChI is InChI=1S/C13H19N3O2S/c1-18-10-9(14)11(12(15)17)19-13(10)16-5-7-3-2-4-8(7)6-16/h7-8H,2-6,14H2,1H3,(H2,15,17). The van der Waals surface area contributed by atoms with Gasteiger partial charge < -0.3 is 21.1 Å². The van der Waals surface area contributed by atoms with E-state index >= 15 is 0 Å². The van der Waals surface area contributed by atoms with E-state index < -0.39 is 5.91 Å². The first-order chi connectivity index (χ1) is 9.11. The van der Waals surface area contributed by atoms with Crippen molar-refractivity contribution in [2.45, 2.75) is 19.3 Å². The Labute approximate surface area is 116 Å². The predicted octanol–water partition coefficient (Wildman–Crippen LogP) is 1.67. The van der Waals surface area contributed by atoms with Crippen LogP contribution >= 0.6 is 11.3 Å². The number of primary amides is 1. The zero-order valence-electron chi connectivity index (χ0n) is 11.0. The van der Waals surface area contributed by atoms with E-state index in [1.165, 1.54) is 30.6 Å². The molecule has 3 rings (SSSR count). The van der Waals surface area contributed by atoms with E-state index in [2.05, 4.69) is 4.90 Å². The smallest absolute Gasteiger partial charge is 0.261 e. The van der Waals surface area contributed by atoms with Crippen molar-refractivity contribution in [2.75, 3.05) is 30.8 Å². The van der Waals surface area contributed by atoms with Gasteiger partial charge in [-0.1, -0.05) is 6.42 Å². The van der Waals surface area contributed by atoms with Crippen molar-refractivity contribution in [1.29, 1.82) is 0 Å². The molecule has 1 aliphatic carbocycles. The van der Waals surface area contributed by atoms with Crippen molar-refractivity contribution < 1.29 is 9.53 Å². The van der Waals surface area contributed by atoms with Gasteiger partial charge in [-0.2, -0.15) is 0 Å². The molecule has 104 valence electrons. The molecule has 0 spiro atoms. The van der Waals surface area contributed by atoms with Crippen LogP contribution in [0.15, 0.2) is 0 Å². The number of hydrogen-bond acceptors (Lipinski definition) is 5. The monoisotopic (exact) mass is 281 g/mol. The van der Waals surface area contributed by atoms with E-state index in [0.717, 1.165) is 29.9 Å². The lowest BCUT2D eigenvalue weighted by atomic mass is 10.0. The van der Waals surface area contributed by atoms with Gasteiger partial charge in [-0.05, 0) is 24.7 Å². The Bertz CT molecular complexity index is 502. The fourth-order valence-electron chi connectivity index (χ4n) is 3.41. The van der Waals surface area contributed by atoms with E-state index in [1.807, 2.05) is 0 Å². The molecule has 1 saturated carbocycles. The molecule has 1 amide bonds. The Hall–Kier alpha value is -1.43. The number of carbonyl (C=O) groups excluding carboxylic acids is 1. The van der Waals surface area contributed by atoms with E-state index in [0.29, 0.717) is 16.3 Å². The molecule has 1 saturated heterocycles. The first-order valence-electron chi connectivity index (χ1n) is 6.62. The molecule has 2 aliphatic rings. The molecule has 6 heteroatoms. The highest BCUT2D eigenvalue weighted by atomic mass is 32.1. The van der Waals surface area contributed by atoms with Crippen LogP contribution in [0.25, 0.3) is 0 Å². The second-order valence-electron chi connectivity index (χ2n) is 5.40. The molecule has 4 N–H and O–H groups in total. The number of nitrogens with zero attached hydrogens (tertiary/aromatic N) is 1. The third-order valence-corrected chi connectivity index (χ3v) is 5.59. The Kier molecular flexibility index (Phi) is 3.05. The summed E-state index contributed by atoms with van der Waals surface area (Å²) in [5.74, 6) is 1.69. The van der Waals surface area contributed by atoms with Crippen LogP contribution in [0.3, 0.4) is 0 Å². The summed E-state index contributed by atoms with van der Waals surface area (Å²) in [6.07, 6.45) is 3.97. The Morgan fingerprint density at radius 3 is 2.53 bits per heavy atom. The molecular weight excluding hydrogens is 262 g/mol. The van der Waals surface area contributed by atoms with Gasteiger partial charge in [0.25, 0.3) is 5.91 Å². The van der Waals surface area contributed by atoms with Gasteiger partial charge in [-0.3, -0.25) is 4.79 Å². The normalized spacial score (nSPS) is 25.6. The molecule has 2 unspecified atom stereocenters. The molecule has 0 radical (unpaired) electrons. The van der Waals surface area contributed by atoms with Crippen LogP contribution in [-0.2, 0) is 0 Å². The molecule has 1 aromatic heterocycles. The first kappa shape index (κ1) is 12.6. The maximum Gasteiger partial charge on any atom is 0.261 e. The summed E-state index contributed by atoms with van der Waals surface area (Å²) in [4.78, 5) is 14.1. The summed E-state index contributed by atoms with van der Waals surface area (Å²) in [6.45, 7) is 2.08. The number of nitrogen functional groups attached to an aromatic ring is 1. The summed E-state index contributed by atoms with van der Waals surface area (Å²) in [6, 6.07) is 0. The fraction of sp³-hybridized carbons (Fsp3) is 0.615. The zero-order chi connectivity index (χ0) is 13.6. The van der Waals surface area contributed by atoms with E-state index in [4.69, 9.17) is 16.2 Å². The summed E-state index contributed by atoms with van der Waals surface area (Å²) in [5.41, 5.74) is 11.7. The van der Waals surface area contributed by atoms with E-state index in [1.54, 1.807) is 7.11 Å². The van der Waals surface area contributed by atoms with Gasteiger partial charge >= 0.3 is 0 Å². The number of thiophene rings is 1. The molecule has 1 aromatic rings. The van der Waals surface area contributed by atoms with Crippen molar-refractivity contribution in [3.63, 3.8) is 0 Å². The van der Waals surface area contributed by atoms with E-state index in [-0.39, 0.29) is 0 Å². The number of methoxy groups -OCH3 is 1. The fourth-order valence-corrected chi connectivity index (χ4v) is 4.47. The number of hydrogen-bond donors (Lipinski definition) is 2. The van der Waals surface area contributed by atoms with Gasteiger partial charge in [-0.25, -0.2) is 0 Å². The Morgan fingerprint density at radius 1 is 1.37 bits per heavy atom. The van der Waals surface area contributed by atoms with Crippen LogP contribution in [0.1, 0.15) is 28.9 Å². The molecule has 19 heavy (non-hydrogen) atoms. The minimum absolute atomic E-state index is 0.382. The number of amides is 1. The minimum atomic E-state index is -0.480. The molecule has 1 aliphatic heterocycles. The highest BCUT2D eigenvalue weighted by Gasteiger charge is 2.38. The SMILES string of the molecule is COc1c(N2CC3CCCC3C2)sc(C(N)=O)c1N. The summed E-state index contributed by atoms with van der Waals surface area (Å²) in [5, 5.41) is 0.961. The first-order valence-corrected chi connectivity index (χ1v) is 7.44. The van der Waals surface area contributed by atoms with Gasteiger partial charge in [0.15, 0.2) is 5.75 Å². The second-order valence-corrected chi connectivity index (χ2v) is 6.40.